The van der Waals surface area contributed by atoms with Gasteiger partial charge < -0.3 is 4.57 Å². The van der Waals surface area contributed by atoms with E-state index in [2.05, 4.69) is 34.1 Å². The van der Waals surface area contributed by atoms with Gasteiger partial charge in [0.1, 0.15) is 11.3 Å². The number of nitrogens with zero attached hydrogens (tertiary/aromatic N) is 4. The molecule has 0 unspecified atom stereocenters. The molecule has 0 N–H and O–H groups in total. The number of hydrogen-bond donors (Lipinski definition) is 0. The number of thiophene rings is 1. The Bertz CT molecular complexity index is 711. The Hall–Kier alpha value is -1.33. The van der Waals surface area contributed by atoms with Crippen LogP contribution in [0.5, 0.6) is 0 Å². The van der Waals surface area contributed by atoms with E-state index in [0.717, 1.165) is 42.1 Å². The molecule has 0 spiro atoms. The summed E-state index contributed by atoms with van der Waals surface area (Å²) in [5, 5.41) is 6.69. The average molecular weight is 309 g/mol. The van der Waals surface area contributed by atoms with Gasteiger partial charge in [0.05, 0.1) is 18.1 Å². The molecular formula is C14H17ClN4S. The Morgan fingerprint density at radius 2 is 2.25 bits per heavy atom. The number of fused-ring (bicyclic) bond motifs is 1. The molecule has 0 aliphatic rings. The second-order valence-corrected chi connectivity index (χ2v) is 6.12. The predicted molar refractivity (Wildman–Crippen MR) is 83.5 cm³/mol. The van der Waals surface area contributed by atoms with E-state index in [1.807, 2.05) is 11.7 Å². The molecule has 0 atom stereocenters. The third-order valence-corrected chi connectivity index (χ3v) is 4.47. The van der Waals surface area contributed by atoms with Gasteiger partial charge in [-0.25, -0.2) is 4.98 Å². The van der Waals surface area contributed by atoms with Crippen molar-refractivity contribution in [1.29, 1.82) is 0 Å². The molecule has 6 heteroatoms. The van der Waals surface area contributed by atoms with Crippen LogP contribution >= 0.6 is 22.9 Å². The van der Waals surface area contributed by atoms with Gasteiger partial charge in [0.25, 0.3) is 0 Å². The monoisotopic (exact) mass is 308 g/mol. The summed E-state index contributed by atoms with van der Waals surface area (Å²) >= 11 is 7.82. The molecule has 106 valence electrons. The van der Waals surface area contributed by atoms with Crippen LogP contribution < -0.4 is 0 Å². The molecule has 0 fully saturated rings. The van der Waals surface area contributed by atoms with Crippen molar-refractivity contribution in [3.63, 3.8) is 0 Å². The molecule has 4 nitrogen and oxygen atoms in total. The van der Waals surface area contributed by atoms with Crippen LogP contribution in [0.25, 0.3) is 11.2 Å². The molecule has 0 saturated heterocycles. The van der Waals surface area contributed by atoms with Crippen molar-refractivity contribution in [3.8, 4) is 0 Å². The highest BCUT2D eigenvalue weighted by Gasteiger charge is 2.18. The summed E-state index contributed by atoms with van der Waals surface area (Å²) in [6, 6.07) is 4.21. The van der Waals surface area contributed by atoms with Crippen LogP contribution in [0.3, 0.4) is 0 Å². The predicted octanol–water partition coefficient (Wildman–Crippen LogP) is 3.57. The van der Waals surface area contributed by atoms with Crippen LogP contribution in [0.1, 0.15) is 29.7 Å². The van der Waals surface area contributed by atoms with Crippen LogP contribution in [0.15, 0.2) is 17.5 Å². The summed E-state index contributed by atoms with van der Waals surface area (Å²) in [5.74, 6) is 1.34. The second-order valence-electron chi connectivity index (χ2n) is 4.82. The zero-order valence-corrected chi connectivity index (χ0v) is 13.2. The fourth-order valence-corrected chi connectivity index (χ4v) is 3.42. The number of halogens is 1. The molecule has 0 saturated carbocycles. The van der Waals surface area contributed by atoms with E-state index in [9.17, 15) is 0 Å². The van der Waals surface area contributed by atoms with Crippen molar-refractivity contribution in [3.05, 3.63) is 33.9 Å². The van der Waals surface area contributed by atoms with Crippen molar-refractivity contribution >= 4 is 34.1 Å². The van der Waals surface area contributed by atoms with E-state index < -0.39 is 0 Å². The molecule has 0 aliphatic heterocycles. The van der Waals surface area contributed by atoms with Gasteiger partial charge in [0.2, 0.25) is 0 Å². The summed E-state index contributed by atoms with van der Waals surface area (Å²) in [5.41, 5.74) is 3.14. The minimum absolute atomic E-state index is 0.422. The van der Waals surface area contributed by atoms with Gasteiger partial charge >= 0.3 is 0 Å². The first-order chi connectivity index (χ1) is 9.74. The van der Waals surface area contributed by atoms with Crippen molar-refractivity contribution in [2.24, 2.45) is 7.05 Å². The topological polar surface area (TPSA) is 35.6 Å². The smallest absolute Gasteiger partial charge is 0.159 e. The summed E-state index contributed by atoms with van der Waals surface area (Å²) in [6.45, 7) is 2.97. The Morgan fingerprint density at radius 1 is 1.40 bits per heavy atom. The lowest BCUT2D eigenvalue weighted by molar-refractivity contribution is 0.696. The molecule has 3 aromatic heterocycles. The van der Waals surface area contributed by atoms with Crippen LogP contribution in [-0.4, -0.2) is 19.3 Å². The van der Waals surface area contributed by atoms with Crippen molar-refractivity contribution in [2.45, 2.75) is 32.2 Å². The maximum absolute atomic E-state index is 6.07. The van der Waals surface area contributed by atoms with Gasteiger partial charge in [0.15, 0.2) is 5.65 Å². The molecule has 20 heavy (non-hydrogen) atoms. The molecule has 0 aliphatic carbocycles. The van der Waals surface area contributed by atoms with Gasteiger partial charge in [-0.05, 0) is 17.9 Å². The van der Waals surface area contributed by atoms with E-state index in [0.29, 0.717) is 5.88 Å². The SMILES string of the molecule is CCCc1nn(C)c2c1nc(CCl)n2Cc1cccs1. The lowest BCUT2D eigenvalue weighted by Crippen LogP contribution is -2.06. The lowest BCUT2D eigenvalue weighted by Gasteiger charge is -2.06. The first-order valence-corrected chi connectivity index (χ1v) is 8.15. The number of alkyl halides is 1. The number of imidazole rings is 1. The first kappa shape index (κ1) is 13.6. The first-order valence-electron chi connectivity index (χ1n) is 6.74. The fraction of sp³-hybridized carbons (Fsp3) is 0.429. The molecule has 0 amide bonds. The summed E-state index contributed by atoms with van der Waals surface area (Å²) in [4.78, 5) is 6.00. The highest BCUT2D eigenvalue weighted by atomic mass is 35.5. The van der Waals surface area contributed by atoms with E-state index in [1.165, 1.54) is 4.88 Å². The Balaban J connectivity index is 2.13. The van der Waals surface area contributed by atoms with Crippen LogP contribution in [0.2, 0.25) is 0 Å². The highest BCUT2D eigenvalue weighted by molar-refractivity contribution is 7.09. The maximum Gasteiger partial charge on any atom is 0.159 e. The van der Waals surface area contributed by atoms with E-state index in [4.69, 9.17) is 16.6 Å². The Labute approximate surface area is 127 Å². The van der Waals surface area contributed by atoms with Gasteiger partial charge in [0, 0.05) is 11.9 Å². The third-order valence-electron chi connectivity index (χ3n) is 3.37. The molecule has 3 heterocycles. The highest BCUT2D eigenvalue weighted by Crippen LogP contribution is 2.23. The fourth-order valence-electron chi connectivity index (χ4n) is 2.52. The number of hydrogen-bond acceptors (Lipinski definition) is 3. The van der Waals surface area contributed by atoms with Crippen LogP contribution in [0.4, 0.5) is 0 Å². The number of aromatic nitrogens is 4. The van der Waals surface area contributed by atoms with Gasteiger partial charge in [-0.3, -0.25) is 4.68 Å². The molecule has 0 bridgehead atoms. The second kappa shape index (κ2) is 5.58. The molecule has 0 radical (unpaired) electrons. The average Bonchev–Trinajstić information content (AvgIpc) is 3.11. The molecule has 0 aromatic carbocycles. The summed E-state index contributed by atoms with van der Waals surface area (Å²) in [6.07, 6.45) is 2.02. The van der Waals surface area contributed by atoms with Gasteiger partial charge in [-0.15, -0.1) is 22.9 Å². The summed E-state index contributed by atoms with van der Waals surface area (Å²) < 4.78 is 4.11. The number of aryl methyl sites for hydroxylation is 2. The van der Waals surface area contributed by atoms with E-state index in [1.54, 1.807) is 11.3 Å². The van der Waals surface area contributed by atoms with Crippen molar-refractivity contribution in [1.82, 2.24) is 19.3 Å². The Kier molecular flexibility index (Phi) is 3.81. The lowest BCUT2D eigenvalue weighted by atomic mass is 10.2. The third kappa shape index (κ3) is 2.25. The zero-order chi connectivity index (χ0) is 14.1. The van der Waals surface area contributed by atoms with Crippen molar-refractivity contribution in [2.75, 3.05) is 0 Å². The Morgan fingerprint density at radius 3 is 2.90 bits per heavy atom. The van der Waals surface area contributed by atoms with Crippen LogP contribution in [0, 0.1) is 0 Å². The molecule has 3 aromatic rings. The van der Waals surface area contributed by atoms with E-state index >= 15 is 0 Å². The molecule has 3 rings (SSSR count). The molecular weight excluding hydrogens is 292 g/mol. The standard InChI is InChI=1S/C14H17ClN4S/c1-3-5-11-13-14(18(2)17-11)19(12(8-15)16-13)9-10-6-4-7-20-10/h4,6-7H,3,5,8-9H2,1-2H3. The van der Waals surface area contributed by atoms with Crippen molar-refractivity contribution < 1.29 is 0 Å². The minimum Gasteiger partial charge on any atom is -0.307 e. The summed E-state index contributed by atoms with van der Waals surface area (Å²) in [7, 11) is 1.98. The van der Waals surface area contributed by atoms with Gasteiger partial charge in [-0.1, -0.05) is 19.4 Å². The maximum atomic E-state index is 6.07. The van der Waals surface area contributed by atoms with Crippen LogP contribution in [-0.2, 0) is 25.9 Å². The largest absolute Gasteiger partial charge is 0.307 e. The zero-order valence-electron chi connectivity index (χ0n) is 11.6. The minimum atomic E-state index is 0.422. The van der Waals surface area contributed by atoms with Gasteiger partial charge in [-0.2, -0.15) is 5.10 Å². The normalized spacial score (nSPS) is 11.6. The quantitative estimate of drug-likeness (QED) is 0.675. The number of rotatable bonds is 5. The van der Waals surface area contributed by atoms with E-state index in [-0.39, 0.29) is 0 Å².